The van der Waals surface area contributed by atoms with Gasteiger partial charge in [0.2, 0.25) is 0 Å². The van der Waals surface area contributed by atoms with Crippen LogP contribution in [0.3, 0.4) is 0 Å². The van der Waals surface area contributed by atoms with Gasteiger partial charge >= 0.3 is 0 Å². The number of benzene rings is 2. The number of anilines is 1. The number of H-pyrrole nitrogens is 1. The Balaban J connectivity index is 1.64. The molecule has 0 aliphatic heterocycles. The van der Waals surface area contributed by atoms with E-state index in [0.717, 1.165) is 22.7 Å². The Hall–Kier alpha value is -3.39. The first kappa shape index (κ1) is 18.0. The SMILES string of the molecule is CNc1c(-c2nc(-c3ccc(OC)cc3)n[nH]2)nnn1Cc1ccccc1Cl. The van der Waals surface area contributed by atoms with Crippen molar-refractivity contribution in [3.05, 3.63) is 59.1 Å². The highest BCUT2D eigenvalue weighted by atomic mass is 35.5. The second-order valence-electron chi connectivity index (χ2n) is 6.02. The quantitative estimate of drug-likeness (QED) is 0.519. The van der Waals surface area contributed by atoms with Crippen molar-refractivity contribution in [1.82, 2.24) is 30.2 Å². The normalized spacial score (nSPS) is 10.8. The van der Waals surface area contributed by atoms with Crippen molar-refractivity contribution in [3.63, 3.8) is 0 Å². The Morgan fingerprint density at radius 1 is 1.14 bits per heavy atom. The topological polar surface area (TPSA) is 93.5 Å². The maximum Gasteiger partial charge on any atom is 0.181 e. The fourth-order valence-electron chi connectivity index (χ4n) is 2.86. The minimum absolute atomic E-state index is 0.488. The van der Waals surface area contributed by atoms with Crippen LogP contribution in [0.5, 0.6) is 5.75 Å². The number of ether oxygens (including phenoxy) is 1. The Morgan fingerprint density at radius 3 is 2.64 bits per heavy atom. The molecule has 0 radical (unpaired) electrons. The van der Waals surface area contributed by atoms with Gasteiger partial charge in [0.15, 0.2) is 23.2 Å². The molecule has 2 aromatic heterocycles. The summed E-state index contributed by atoms with van der Waals surface area (Å²) in [6, 6.07) is 15.2. The van der Waals surface area contributed by atoms with Crippen LogP contribution in [0.1, 0.15) is 5.56 Å². The molecule has 4 rings (SSSR count). The molecule has 2 N–H and O–H groups in total. The third-order valence-electron chi connectivity index (χ3n) is 4.31. The summed E-state index contributed by atoms with van der Waals surface area (Å²) >= 11 is 6.27. The zero-order valence-corrected chi connectivity index (χ0v) is 16.1. The number of nitrogens with one attached hydrogen (secondary N) is 2. The van der Waals surface area contributed by atoms with Crippen LogP contribution in [0.4, 0.5) is 5.82 Å². The maximum atomic E-state index is 6.27. The highest BCUT2D eigenvalue weighted by molar-refractivity contribution is 6.31. The summed E-state index contributed by atoms with van der Waals surface area (Å²) in [7, 11) is 3.44. The van der Waals surface area contributed by atoms with Gasteiger partial charge in [-0.25, -0.2) is 9.67 Å². The molecule has 2 heterocycles. The number of halogens is 1. The fraction of sp³-hybridized carbons (Fsp3) is 0.158. The number of aromatic amines is 1. The third-order valence-corrected chi connectivity index (χ3v) is 4.68. The molecule has 0 fully saturated rings. The molecular formula is C19H18ClN7O. The lowest BCUT2D eigenvalue weighted by atomic mass is 10.2. The molecule has 4 aromatic rings. The second kappa shape index (κ2) is 7.69. The highest BCUT2D eigenvalue weighted by Crippen LogP contribution is 2.26. The number of hydrogen-bond donors (Lipinski definition) is 2. The maximum absolute atomic E-state index is 6.27. The zero-order valence-electron chi connectivity index (χ0n) is 15.3. The molecule has 8 nitrogen and oxygen atoms in total. The van der Waals surface area contributed by atoms with Crippen LogP contribution in [0.25, 0.3) is 22.9 Å². The number of hydrogen-bond acceptors (Lipinski definition) is 6. The average molecular weight is 396 g/mol. The van der Waals surface area contributed by atoms with E-state index in [9.17, 15) is 0 Å². The highest BCUT2D eigenvalue weighted by Gasteiger charge is 2.18. The van der Waals surface area contributed by atoms with Gasteiger partial charge in [-0.05, 0) is 35.9 Å². The van der Waals surface area contributed by atoms with E-state index in [2.05, 4.69) is 30.8 Å². The van der Waals surface area contributed by atoms with E-state index in [-0.39, 0.29) is 0 Å². The van der Waals surface area contributed by atoms with E-state index < -0.39 is 0 Å². The molecule has 28 heavy (non-hydrogen) atoms. The van der Waals surface area contributed by atoms with Crippen molar-refractivity contribution in [1.29, 1.82) is 0 Å². The summed E-state index contributed by atoms with van der Waals surface area (Å²) < 4.78 is 6.92. The number of rotatable bonds is 6. The molecule has 0 bridgehead atoms. The van der Waals surface area contributed by atoms with Crippen LogP contribution < -0.4 is 10.1 Å². The number of methoxy groups -OCH3 is 1. The zero-order chi connectivity index (χ0) is 19.5. The van der Waals surface area contributed by atoms with Gasteiger partial charge in [-0.3, -0.25) is 5.10 Å². The minimum Gasteiger partial charge on any atom is -0.497 e. The molecule has 0 saturated heterocycles. The second-order valence-corrected chi connectivity index (χ2v) is 6.43. The summed E-state index contributed by atoms with van der Waals surface area (Å²) in [4.78, 5) is 4.56. The summed E-state index contributed by atoms with van der Waals surface area (Å²) in [5.74, 6) is 2.60. The molecule has 0 aliphatic rings. The third kappa shape index (κ3) is 3.41. The first-order chi connectivity index (χ1) is 13.7. The Bertz CT molecular complexity index is 1090. The van der Waals surface area contributed by atoms with Crippen molar-refractivity contribution in [2.75, 3.05) is 19.5 Å². The van der Waals surface area contributed by atoms with Gasteiger partial charge in [-0.1, -0.05) is 35.0 Å². The summed E-state index contributed by atoms with van der Waals surface area (Å²) in [5, 5.41) is 19.6. The van der Waals surface area contributed by atoms with Crippen molar-refractivity contribution >= 4 is 17.4 Å². The minimum atomic E-state index is 0.488. The predicted octanol–water partition coefficient (Wildman–Crippen LogP) is 3.48. The van der Waals surface area contributed by atoms with Crippen LogP contribution in [-0.4, -0.2) is 44.3 Å². The monoisotopic (exact) mass is 395 g/mol. The molecule has 9 heteroatoms. The van der Waals surface area contributed by atoms with Gasteiger partial charge in [0.25, 0.3) is 0 Å². The fourth-order valence-corrected chi connectivity index (χ4v) is 3.05. The Kier molecular flexibility index (Phi) is 4.94. The van der Waals surface area contributed by atoms with E-state index in [1.165, 1.54) is 0 Å². The van der Waals surface area contributed by atoms with Crippen molar-refractivity contribution < 1.29 is 4.74 Å². The molecule has 2 aromatic carbocycles. The molecule has 0 aliphatic carbocycles. The molecule has 0 saturated carbocycles. The van der Waals surface area contributed by atoms with Crippen molar-refractivity contribution in [3.8, 4) is 28.7 Å². The van der Waals surface area contributed by atoms with Crippen LogP contribution >= 0.6 is 11.6 Å². The number of aromatic nitrogens is 6. The lowest BCUT2D eigenvalue weighted by Crippen LogP contribution is -2.07. The van der Waals surface area contributed by atoms with Crippen LogP contribution in [0, 0.1) is 0 Å². The number of nitrogens with zero attached hydrogens (tertiary/aromatic N) is 5. The van der Waals surface area contributed by atoms with Crippen LogP contribution in [0.15, 0.2) is 48.5 Å². The molecule has 142 valence electrons. The van der Waals surface area contributed by atoms with Gasteiger partial charge in [0, 0.05) is 17.6 Å². The summed E-state index contributed by atoms with van der Waals surface area (Å²) in [6.45, 7) is 0.488. The lowest BCUT2D eigenvalue weighted by molar-refractivity contribution is 0.415. The Morgan fingerprint density at radius 2 is 1.93 bits per heavy atom. The first-order valence-corrected chi connectivity index (χ1v) is 8.99. The predicted molar refractivity (Wildman–Crippen MR) is 107 cm³/mol. The molecule has 0 atom stereocenters. The van der Waals surface area contributed by atoms with Gasteiger partial charge in [0.05, 0.1) is 13.7 Å². The van der Waals surface area contributed by atoms with Crippen molar-refractivity contribution in [2.45, 2.75) is 6.54 Å². The van der Waals surface area contributed by atoms with Gasteiger partial charge in [-0.15, -0.1) is 5.10 Å². The average Bonchev–Trinajstić information content (AvgIpc) is 3.36. The molecule has 0 spiro atoms. The van der Waals surface area contributed by atoms with E-state index in [0.29, 0.717) is 28.9 Å². The molecular weight excluding hydrogens is 378 g/mol. The van der Waals surface area contributed by atoms with Gasteiger partial charge in [-0.2, -0.15) is 5.10 Å². The van der Waals surface area contributed by atoms with E-state index in [1.807, 2.05) is 55.6 Å². The summed E-state index contributed by atoms with van der Waals surface area (Å²) in [6.07, 6.45) is 0. The molecule has 0 amide bonds. The van der Waals surface area contributed by atoms with E-state index in [1.54, 1.807) is 11.8 Å². The van der Waals surface area contributed by atoms with Gasteiger partial charge < -0.3 is 10.1 Å². The summed E-state index contributed by atoms with van der Waals surface area (Å²) in [5.41, 5.74) is 2.41. The first-order valence-electron chi connectivity index (χ1n) is 8.61. The lowest BCUT2D eigenvalue weighted by Gasteiger charge is -2.07. The largest absolute Gasteiger partial charge is 0.497 e. The van der Waals surface area contributed by atoms with E-state index in [4.69, 9.17) is 16.3 Å². The van der Waals surface area contributed by atoms with Crippen LogP contribution in [0.2, 0.25) is 5.02 Å². The van der Waals surface area contributed by atoms with Crippen LogP contribution in [-0.2, 0) is 6.54 Å². The van der Waals surface area contributed by atoms with Crippen molar-refractivity contribution in [2.24, 2.45) is 0 Å². The van der Waals surface area contributed by atoms with Gasteiger partial charge in [0.1, 0.15) is 5.75 Å². The standard InChI is InChI=1S/C19H18ClN7O/c1-21-19-16(23-26-27(19)11-13-5-3-4-6-15(13)20)18-22-17(24-25-18)12-7-9-14(28-2)10-8-12/h3-10,21H,11H2,1-2H3,(H,22,24,25). The smallest absolute Gasteiger partial charge is 0.181 e. The Labute approximate surface area is 166 Å². The van der Waals surface area contributed by atoms with E-state index >= 15 is 0 Å². The molecule has 0 unspecified atom stereocenters.